The third-order valence-electron chi connectivity index (χ3n) is 4.26. The molecule has 3 rings (SSSR count). The molecule has 2 saturated carbocycles. The molecule has 0 radical (unpaired) electrons. The molecule has 0 aromatic heterocycles. The number of aliphatic imine (C=N–C) groups is 1. The predicted molar refractivity (Wildman–Crippen MR) is 66.3 cm³/mol. The lowest BCUT2D eigenvalue weighted by atomic mass is 10.2. The fraction of sp³-hybridized carbons (Fsp3) is 0.923. The van der Waals surface area contributed by atoms with Crippen molar-refractivity contribution in [3.8, 4) is 0 Å². The Morgan fingerprint density at radius 3 is 2.38 bits per heavy atom. The Labute approximate surface area is 98.1 Å². The topological polar surface area (TPSA) is 41.6 Å². The van der Waals surface area contributed by atoms with E-state index in [-0.39, 0.29) is 0 Å². The number of guanidine groups is 1. The van der Waals surface area contributed by atoms with Crippen molar-refractivity contribution in [1.29, 1.82) is 0 Å². The lowest BCUT2D eigenvalue weighted by molar-refractivity contribution is 0.427. The Hall–Kier alpha value is -0.730. The minimum absolute atomic E-state index is 0.579. The van der Waals surface area contributed by atoms with Gasteiger partial charge in [0, 0.05) is 13.1 Å². The summed E-state index contributed by atoms with van der Waals surface area (Å²) < 4.78 is 0. The van der Waals surface area contributed by atoms with E-state index in [2.05, 4.69) is 4.90 Å². The van der Waals surface area contributed by atoms with Gasteiger partial charge in [-0.05, 0) is 43.9 Å². The highest BCUT2D eigenvalue weighted by molar-refractivity contribution is 5.78. The molecule has 0 spiro atoms. The molecule has 3 aliphatic rings. The Balaban J connectivity index is 1.54. The van der Waals surface area contributed by atoms with Gasteiger partial charge in [0.2, 0.25) is 0 Å². The first-order chi connectivity index (χ1) is 7.84. The molecule has 0 unspecified atom stereocenters. The number of hydrogen-bond donors (Lipinski definition) is 1. The maximum atomic E-state index is 6.12. The third kappa shape index (κ3) is 2.33. The summed E-state index contributed by atoms with van der Waals surface area (Å²) >= 11 is 0. The quantitative estimate of drug-likeness (QED) is 0.572. The van der Waals surface area contributed by atoms with E-state index in [9.17, 15) is 0 Å². The van der Waals surface area contributed by atoms with Gasteiger partial charge in [-0.15, -0.1) is 0 Å². The lowest BCUT2D eigenvalue weighted by Crippen LogP contribution is -2.38. The SMILES string of the molecule is NC(=N[C@@H]1C[C@H]1C1CC1)N1CCCCCC1. The first-order valence-corrected chi connectivity index (χ1v) is 6.93. The van der Waals surface area contributed by atoms with E-state index < -0.39 is 0 Å². The van der Waals surface area contributed by atoms with E-state index in [1.54, 1.807) is 0 Å². The standard InChI is InChI=1S/C13H23N3/c14-13(16-7-3-1-2-4-8-16)15-12-9-11(12)10-5-6-10/h10-12H,1-9H2,(H2,14,15)/t11-,12+/m0/s1. The van der Waals surface area contributed by atoms with E-state index in [0.717, 1.165) is 30.9 Å². The molecule has 2 aliphatic carbocycles. The van der Waals surface area contributed by atoms with Crippen LogP contribution in [-0.4, -0.2) is 30.0 Å². The molecule has 0 bridgehead atoms. The molecule has 0 amide bonds. The van der Waals surface area contributed by atoms with Crippen LogP contribution in [0, 0.1) is 11.8 Å². The molecule has 16 heavy (non-hydrogen) atoms. The summed E-state index contributed by atoms with van der Waals surface area (Å²) in [6.07, 6.45) is 9.48. The predicted octanol–water partition coefficient (Wildman–Crippen LogP) is 1.98. The minimum Gasteiger partial charge on any atom is -0.370 e. The highest BCUT2D eigenvalue weighted by Crippen LogP contribution is 2.51. The van der Waals surface area contributed by atoms with Crippen LogP contribution < -0.4 is 5.73 Å². The maximum Gasteiger partial charge on any atom is 0.191 e. The Kier molecular flexibility index (Phi) is 2.78. The zero-order valence-electron chi connectivity index (χ0n) is 10.1. The summed E-state index contributed by atoms with van der Waals surface area (Å²) in [6.45, 7) is 2.24. The molecule has 1 aliphatic heterocycles. The minimum atomic E-state index is 0.579. The van der Waals surface area contributed by atoms with E-state index in [4.69, 9.17) is 10.7 Å². The van der Waals surface area contributed by atoms with Gasteiger partial charge < -0.3 is 10.6 Å². The summed E-state index contributed by atoms with van der Waals surface area (Å²) in [5.41, 5.74) is 6.12. The molecular weight excluding hydrogens is 198 g/mol. The van der Waals surface area contributed by atoms with Crippen LogP contribution >= 0.6 is 0 Å². The van der Waals surface area contributed by atoms with Crippen LogP contribution in [0.5, 0.6) is 0 Å². The van der Waals surface area contributed by atoms with E-state index in [1.165, 1.54) is 44.9 Å². The summed E-state index contributed by atoms with van der Waals surface area (Å²) in [4.78, 5) is 7.02. The Morgan fingerprint density at radius 2 is 1.75 bits per heavy atom. The monoisotopic (exact) mass is 221 g/mol. The van der Waals surface area contributed by atoms with Crippen LogP contribution in [0.3, 0.4) is 0 Å². The third-order valence-corrected chi connectivity index (χ3v) is 4.26. The van der Waals surface area contributed by atoms with Crippen molar-refractivity contribution in [2.24, 2.45) is 22.6 Å². The van der Waals surface area contributed by atoms with Crippen LogP contribution in [0.15, 0.2) is 4.99 Å². The zero-order valence-corrected chi connectivity index (χ0v) is 10.1. The fourth-order valence-electron chi connectivity index (χ4n) is 2.93. The van der Waals surface area contributed by atoms with Gasteiger partial charge in [-0.25, -0.2) is 4.99 Å². The molecule has 0 aromatic rings. The molecule has 1 saturated heterocycles. The molecule has 1 heterocycles. The van der Waals surface area contributed by atoms with Crippen molar-refractivity contribution in [1.82, 2.24) is 4.90 Å². The molecule has 90 valence electrons. The zero-order chi connectivity index (χ0) is 11.0. The average Bonchev–Trinajstić information content (AvgIpc) is 3.14. The summed E-state index contributed by atoms with van der Waals surface area (Å²) in [6, 6.07) is 0.579. The van der Waals surface area contributed by atoms with Gasteiger partial charge in [-0.3, -0.25) is 0 Å². The van der Waals surface area contributed by atoms with Crippen LogP contribution in [0.4, 0.5) is 0 Å². The fourth-order valence-corrected chi connectivity index (χ4v) is 2.93. The second kappa shape index (κ2) is 4.27. The van der Waals surface area contributed by atoms with Crippen molar-refractivity contribution < 1.29 is 0 Å². The molecule has 3 nitrogen and oxygen atoms in total. The number of likely N-dealkylation sites (tertiary alicyclic amines) is 1. The molecule has 2 atom stereocenters. The van der Waals surface area contributed by atoms with Gasteiger partial charge >= 0.3 is 0 Å². The van der Waals surface area contributed by atoms with Gasteiger partial charge in [0.25, 0.3) is 0 Å². The first-order valence-electron chi connectivity index (χ1n) is 6.93. The molecule has 3 heteroatoms. The largest absolute Gasteiger partial charge is 0.370 e. The smallest absolute Gasteiger partial charge is 0.191 e. The van der Waals surface area contributed by atoms with Crippen molar-refractivity contribution in [2.45, 2.75) is 51.0 Å². The van der Waals surface area contributed by atoms with Gasteiger partial charge in [0.05, 0.1) is 6.04 Å². The van der Waals surface area contributed by atoms with E-state index in [0.29, 0.717) is 6.04 Å². The lowest BCUT2D eigenvalue weighted by Gasteiger charge is -2.21. The number of nitrogens with zero attached hydrogens (tertiary/aromatic N) is 2. The summed E-state index contributed by atoms with van der Waals surface area (Å²) in [5, 5.41) is 0. The van der Waals surface area contributed by atoms with Gasteiger partial charge in [-0.2, -0.15) is 0 Å². The van der Waals surface area contributed by atoms with E-state index in [1.807, 2.05) is 0 Å². The highest BCUT2D eigenvalue weighted by atomic mass is 15.3. The van der Waals surface area contributed by atoms with Crippen molar-refractivity contribution in [2.75, 3.05) is 13.1 Å². The van der Waals surface area contributed by atoms with Gasteiger partial charge in [-0.1, -0.05) is 12.8 Å². The first kappa shape index (κ1) is 10.4. The second-order valence-electron chi connectivity index (χ2n) is 5.69. The van der Waals surface area contributed by atoms with Crippen molar-refractivity contribution in [3.63, 3.8) is 0 Å². The number of nitrogens with two attached hydrogens (primary N) is 1. The molecule has 3 fully saturated rings. The van der Waals surface area contributed by atoms with Crippen molar-refractivity contribution in [3.05, 3.63) is 0 Å². The van der Waals surface area contributed by atoms with Crippen LogP contribution in [-0.2, 0) is 0 Å². The summed E-state index contributed by atoms with van der Waals surface area (Å²) in [7, 11) is 0. The highest BCUT2D eigenvalue weighted by Gasteiger charge is 2.47. The molecular formula is C13H23N3. The van der Waals surface area contributed by atoms with Crippen molar-refractivity contribution >= 4 is 5.96 Å². The number of hydrogen-bond acceptors (Lipinski definition) is 1. The second-order valence-corrected chi connectivity index (χ2v) is 5.69. The van der Waals surface area contributed by atoms with E-state index >= 15 is 0 Å². The van der Waals surface area contributed by atoms with Crippen LogP contribution in [0.25, 0.3) is 0 Å². The average molecular weight is 221 g/mol. The van der Waals surface area contributed by atoms with Gasteiger partial charge in [0.15, 0.2) is 5.96 Å². The van der Waals surface area contributed by atoms with Crippen LogP contribution in [0.1, 0.15) is 44.9 Å². The number of rotatable bonds is 2. The maximum absolute atomic E-state index is 6.12. The molecule has 0 aromatic carbocycles. The molecule has 2 N–H and O–H groups in total. The van der Waals surface area contributed by atoms with Crippen LogP contribution in [0.2, 0.25) is 0 Å². The normalized spacial score (nSPS) is 36.0. The Bertz CT molecular complexity index is 275. The Morgan fingerprint density at radius 1 is 1.06 bits per heavy atom. The van der Waals surface area contributed by atoms with Gasteiger partial charge in [0.1, 0.15) is 0 Å². The summed E-state index contributed by atoms with van der Waals surface area (Å²) in [5.74, 6) is 2.73.